The number of anilines is 1. The summed E-state index contributed by atoms with van der Waals surface area (Å²) in [5.41, 5.74) is 1.83. The second-order valence-corrected chi connectivity index (χ2v) is 7.69. The van der Waals surface area contributed by atoms with Crippen LogP contribution in [0.25, 0.3) is 0 Å². The van der Waals surface area contributed by atoms with E-state index in [1.165, 1.54) is 0 Å². The molecule has 6 nitrogen and oxygen atoms in total. The molecule has 29 heavy (non-hydrogen) atoms. The summed E-state index contributed by atoms with van der Waals surface area (Å²) in [5, 5.41) is 0.704. The van der Waals surface area contributed by atoms with Crippen molar-refractivity contribution in [3.63, 3.8) is 0 Å². The van der Waals surface area contributed by atoms with Crippen molar-refractivity contribution in [3.05, 3.63) is 59.1 Å². The topological polar surface area (TPSA) is 59.1 Å². The van der Waals surface area contributed by atoms with Crippen molar-refractivity contribution >= 4 is 29.2 Å². The summed E-state index contributed by atoms with van der Waals surface area (Å²) in [4.78, 5) is 29.3. The van der Waals surface area contributed by atoms with Gasteiger partial charge in [-0.3, -0.25) is 9.59 Å². The van der Waals surface area contributed by atoms with E-state index in [-0.39, 0.29) is 18.3 Å². The molecule has 4 rings (SSSR count). The summed E-state index contributed by atoms with van der Waals surface area (Å²) < 4.78 is 10.9. The van der Waals surface area contributed by atoms with Crippen molar-refractivity contribution in [1.29, 1.82) is 0 Å². The van der Waals surface area contributed by atoms with Gasteiger partial charge in [0.05, 0.1) is 19.4 Å². The first-order valence-electron chi connectivity index (χ1n) is 9.68. The zero-order valence-electron chi connectivity index (χ0n) is 16.2. The molecule has 1 amide bonds. The Bertz CT molecular complexity index is 894. The molecule has 2 fully saturated rings. The molecule has 0 bridgehead atoms. The molecule has 2 atom stereocenters. The van der Waals surface area contributed by atoms with E-state index in [4.69, 9.17) is 21.1 Å². The minimum Gasteiger partial charge on any atom is -0.496 e. The van der Waals surface area contributed by atoms with Crippen LogP contribution in [0.15, 0.2) is 48.5 Å². The molecule has 7 heteroatoms. The highest BCUT2D eigenvalue weighted by molar-refractivity contribution is 6.30. The van der Waals surface area contributed by atoms with E-state index >= 15 is 0 Å². The van der Waals surface area contributed by atoms with Crippen molar-refractivity contribution < 1.29 is 19.1 Å². The van der Waals surface area contributed by atoms with Crippen molar-refractivity contribution in [2.24, 2.45) is 5.92 Å². The van der Waals surface area contributed by atoms with Crippen LogP contribution in [0.5, 0.6) is 5.75 Å². The van der Waals surface area contributed by atoms with E-state index < -0.39 is 12.0 Å². The van der Waals surface area contributed by atoms with Crippen LogP contribution in [0.1, 0.15) is 18.1 Å². The molecule has 0 saturated carbocycles. The van der Waals surface area contributed by atoms with Crippen LogP contribution in [-0.4, -0.2) is 50.1 Å². The molecule has 2 aromatic rings. The van der Waals surface area contributed by atoms with Gasteiger partial charge in [0.1, 0.15) is 11.9 Å². The Morgan fingerprint density at radius 1 is 1.07 bits per heavy atom. The molecule has 2 saturated heterocycles. The fourth-order valence-electron chi connectivity index (χ4n) is 4.03. The summed E-state index contributed by atoms with van der Waals surface area (Å²) in [5.74, 6) is -0.292. The summed E-state index contributed by atoms with van der Waals surface area (Å²) >= 11 is 5.97. The number of nitrogens with zero attached hydrogens (tertiary/aromatic N) is 2. The zero-order chi connectivity index (χ0) is 20.4. The molecule has 152 valence electrons. The lowest BCUT2D eigenvalue weighted by Gasteiger charge is -2.37. The van der Waals surface area contributed by atoms with E-state index in [9.17, 15) is 9.59 Å². The van der Waals surface area contributed by atoms with Crippen LogP contribution in [0.3, 0.4) is 0 Å². The smallest absolute Gasteiger partial charge is 0.307 e. The van der Waals surface area contributed by atoms with E-state index in [2.05, 4.69) is 4.90 Å². The van der Waals surface area contributed by atoms with Crippen LogP contribution >= 0.6 is 11.6 Å². The molecule has 0 aromatic heterocycles. The molecule has 0 aliphatic carbocycles. The summed E-state index contributed by atoms with van der Waals surface area (Å²) in [6.07, 6.45) is -0.515. The molecule has 2 unspecified atom stereocenters. The summed E-state index contributed by atoms with van der Waals surface area (Å²) in [6.45, 7) is 2.66. The van der Waals surface area contributed by atoms with Crippen LogP contribution in [0.2, 0.25) is 5.02 Å². The summed E-state index contributed by atoms with van der Waals surface area (Å²) in [7, 11) is 1.57. The first-order valence-corrected chi connectivity index (χ1v) is 10.1. The van der Waals surface area contributed by atoms with Crippen LogP contribution < -0.4 is 9.64 Å². The highest BCUT2D eigenvalue weighted by Gasteiger charge is 2.44. The predicted molar refractivity (Wildman–Crippen MR) is 110 cm³/mol. The maximum atomic E-state index is 13.2. The molecule has 0 radical (unpaired) electrons. The third-order valence-electron chi connectivity index (χ3n) is 5.56. The number of amides is 1. The molecule has 0 spiro atoms. The highest BCUT2D eigenvalue weighted by atomic mass is 35.5. The predicted octanol–water partition coefficient (Wildman–Crippen LogP) is 3.30. The first-order chi connectivity index (χ1) is 14.1. The van der Waals surface area contributed by atoms with E-state index in [0.29, 0.717) is 23.9 Å². The fourth-order valence-corrected chi connectivity index (χ4v) is 4.15. The number of para-hydroxylation sites is 1. The number of esters is 1. The van der Waals surface area contributed by atoms with Crippen LogP contribution in [0, 0.1) is 5.92 Å². The number of methoxy groups -OCH3 is 1. The molecule has 0 N–H and O–H groups in total. The Morgan fingerprint density at radius 2 is 1.76 bits per heavy atom. The molecule has 2 heterocycles. The van der Waals surface area contributed by atoms with Gasteiger partial charge in [0.2, 0.25) is 5.91 Å². The lowest BCUT2D eigenvalue weighted by molar-refractivity contribution is -0.142. The third kappa shape index (κ3) is 4.03. The number of benzene rings is 2. The van der Waals surface area contributed by atoms with Crippen molar-refractivity contribution in [2.75, 3.05) is 38.2 Å². The average Bonchev–Trinajstić information content (AvgIpc) is 3.15. The van der Waals surface area contributed by atoms with Gasteiger partial charge in [-0.15, -0.1) is 0 Å². The van der Waals surface area contributed by atoms with Crippen LogP contribution in [-0.2, 0) is 14.3 Å². The number of halogens is 1. The molecule has 2 aliphatic heterocycles. The van der Waals surface area contributed by atoms with Crippen molar-refractivity contribution in [2.45, 2.75) is 12.5 Å². The first kappa shape index (κ1) is 19.6. The number of carbonyl (C=O) groups excluding carboxylic acids is 2. The molecule has 2 aromatic carbocycles. The van der Waals surface area contributed by atoms with Gasteiger partial charge >= 0.3 is 5.97 Å². The Kier molecular flexibility index (Phi) is 5.62. The minimum atomic E-state index is -0.611. The van der Waals surface area contributed by atoms with Gasteiger partial charge in [-0.1, -0.05) is 29.8 Å². The SMILES string of the molecule is COc1ccccc1C1OC(=O)CC1C(=O)N1CCN(c2ccc(Cl)cc2)CC1. The highest BCUT2D eigenvalue weighted by Crippen LogP contribution is 2.40. The van der Waals surface area contributed by atoms with E-state index in [1.807, 2.05) is 53.4 Å². The van der Waals surface area contributed by atoms with Gasteiger partial charge in [0.25, 0.3) is 0 Å². The molecule has 2 aliphatic rings. The van der Waals surface area contributed by atoms with Crippen molar-refractivity contribution in [3.8, 4) is 5.75 Å². The molecular weight excluding hydrogens is 392 g/mol. The Labute approximate surface area is 174 Å². The van der Waals surface area contributed by atoms with Gasteiger partial charge in [0, 0.05) is 42.5 Å². The maximum absolute atomic E-state index is 13.2. The fraction of sp³-hybridized carbons (Fsp3) is 0.364. The standard InChI is InChI=1S/C22H23ClN2O4/c1-28-19-5-3-2-4-17(19)21-18(14-20(26)29-21)22(27)25-12-10-24(11-13-25)16-8-6-15(23)7-9-16/h2-9,18,21H,10-14H2,1H3. The van der Waals surface area contributed by atoms with E-state index in [1.54, 1.807) is 7.11 Å². The van der Waals surface area contributed by atoms with Gasteiger partial charge in [0.15, 0.2) is 0 Å². The lowest BCUT2D eigenvalue weighted by Crippen LogP contribution is -2.50. The number of hydrogen-bond acceptors (Lipinski definition) is 5. The number of cyclic esters (lactones) is 1. The number of ether oxygens (including phenoxy) is 2. The zero-order valence-corrected chi connectivity index (χ0v) is 17.0. The largest absolute Gasteiger partial charge is 0.496 e. The van der Waals surface area contributed by atoms with Gasteiger partial charge in [-0.2, -0.15) is 0 Å². The second kappa shape index (κ2) is 8.33. The van der Waals surface area contributed by atoms with Crippen molar-refractivity contribution in [1.82, 2.24) is 4.90 Å². The van der Waals surface area contributed by atoms with Gasteiger partial charge in [-0.05, 0) is 30.3 Å². The number of hydrogen-bond donors (Lipinski definition) is 0. The maximum Gasteiger partial charge on any atom is 0.307 e. The number of carbonyl (C=O) groups is 2. The number of piperazine rings is 1. The number of rotatable bonds is 4. The molecular formula is C22H23ClN2O4. The third-order valence-corrected chi connectivity index (χ3v) is 5.81. The monoisotopic (exact) mass is 414 g/mol. The summed E-state index contributed by atoms with van der Waals surface area (Å²) in [6, 6.07) is 15.1. The Morgan fingerprint density at radius 3 is 2.45 bits per heavy atom. The van der Waals surface area contributed by atoms with Gasteiger partial charge in [-0.25, -0.2) is 0 Å². The minimum absolute atomic E-state index is 0.0393. The lowest BCUT2D eigenvalue weighted by atomic mass is 9.93. The second-order valence-electron chi connectivity index (χ2n) is 7.25. The Balaban J connectivity index is 1.46. The normalized spacial score (nSPS) is 21.8. The Hall–Kier alpha value is -2.73. The van der Waals surface area contributed by atoms with E-state index in [0.717, 1.165) is 24.3 Å². The average molecular weight is 415 g/mol. The van der Waals surface area contributed by atoms with Crippen LogP contribution in [0.4, 0.5) is 5.69 Å². The quantitative estimate of drug-likeness (QED) is 0.718. The van der Waals surface area contributed by atoms with Gasteiger partial charge < -0.3 is 19.3 Å².